The third-order valence-corrected chi connectivity index (χ3v) is 5.55. The lowest BCUT2D eigenvalue weighted by Crippen LogP contribution is -2.30. The Balaban J connectivity index is 1.57. The zero-order valence-corrected chi connectivity index (χ0v) is 11.7. The molecular weight excluding hydrogens is 242 g/mol. The van der Waals surface area contributed by atoms with Crippen molar-refractivity contribution in [3.63, 3.8) is 0 Å². The number of thiophene rings is 1. The molecule has 3 heteroatoms. The molecule has 18 heavy (non-hydrogen) atoms. The van der Waals surface area contributed by atoms with Crippen molar-refractivity contribution in [2.24, 2.45) is 17.8 Å². The van der Waals surface area contributed by atoms with Crippen LogP contribution in [0.2, 0.25) is 0 Å². The zero-order chi connectivity index (χ0) is 12.4. The molecule has 2 aliphatic carbocycles. The van der Waals surface area contributed by atoms with Crippen LogP contribution in [0.5, 0.6) is 0 Å². The minimum Gasteiger partial charge on any atom is -0.396 e. The van der Waals surface area contributed by atoms with Crippen LogP contribution >= 0.6 is 11.3 Å². The molecule has 1 aromatic heterocycles. The van der Waals surface area contributed by atoms with Crippen LogP contribution in [0, 0.1) is 17.8 Å². The van der Waals surface area contributed by atoms with Crippen LogP contribution in [-0.2, 0) is 0 Å². The predicted molar refractivity (Wildman–Crippen MR) is 75.7 cm³/mol. The van der Waals surface area contributed by atoms with E-state index in [1.165, 1.54) is 37.0 Å². The van der Waals surface area contributed by atoms with E-state index in [1.54, 1.807) is 0 Å². The molecule has 3 rings (SSSR count). The fourth-order valence-electron chi connectivity index (χ4n) is 3.30. The van der Waals surface area contributed by atoms with E-state index in [2.05, 4.69) is 22.8 Å². The fourth-order valence-corrected chi connectivity index (χ4v) is 4.19. The van der Waals surface area contributed by atoms with Gasteiger partial charge in [-0.15, -0.1) is 11.3 Å². The van der Waals surface area contributed by atoms with E-state index in [9.17, 15) is 5.11 Å². The van der Waals surface area contributed by atoms with Crippen LogP contribution in [0.1, 0.15) is 43.0 Å². The molecule has 0 aromatic carbocycles. The van der Waals surface area contributed by atoms with Gasteiger partial charge in [0.05, 0.1) is 0 Å². The van der Waals surface area contributed by atoms with E-state index in [-0.39, 0.29) is 0 Å². The van der Waals surface area contributed by atoms with Crippen molar-refractivity contribution in [2.45, 2.75) is 38.1 Å². The van der Waals surface area contributed by atoms with Crippen LogP contribution in [0.15, 0.2) is 17.5 Å². The number of aliphatic hydroxyl groups excluding tert-OH is 1. The zero-order valence-electron chi connectivity index (χ0n) is 10.8. The summed E-state index contributed by atoms with van der Waals surface area (Å²) in [7, 11) is 0. The maximum absolute atomic E-state index is 9.38. The first kappa shape index (κ1) is 12.6. The van der Waals surface area contributed by atoms with Crippen molar-refractivity contribution in [3.05, 3.63) is 22.4 Å². The molecule has 0 saturated heterocycles. The Bertz CT molecular complexity index is 361. The van der Waals surface area contributed by atoms with Gasteiger partial charge in [0.2, 0.25) is 0 Å². The van der Waals surface area contributed by atoms with Crippen LogP contribution in [0.3, 0.4) is 0 Å². The van der Waals surface area contributed by atoms with Gasteiger partial charge in [-0.25, -0.2) is 0 Å². The Labute approximate surface area is 113 Å². The van der Waals surface area contributed by atoms with E-state index in [4.69, 9.17) is 0 Å². The lowest BCUT2D eigenvalue weighted by atomic mass is 9.96. The Morgan fingerprint density at radius 3 is 2.78 bits per heavy atom. The topological polar surface area (TPSA) is 32.3 Å². The van der Waals surface area contributed by atoms with E-state index in [0.717, 1.165) is 12.5 Å². The van der Waals surface area contributed by atoms with Gasteiger partial charge in [0.25, 0.3) is 0 Å². The van der Waals surface area contributed by atoms with Gasteiger partial charge in [-0.3, -0.25) is 0 Å². The average molecular weight is 265 g/mol. The second-order valence-corrected chi connectivity index (χ2v) is 6.85. The van der Waals surface area contributed by atoms with E-state index < -0.39 is 0 Å². The second-order valence-electron chi connectivity index (χ2n) is 5.87. The van der Waals surface area contributed by atoms with Crippen LogP contribution in [-0.4, -0.2) is 18.3 Å². The quantitative estimate of drug-likeness (QED) is 0.828. The van der Waals surface area contributed by atoms with Crippen LogP contribution in [0.25, 0.3) is 0 Å². The highest BCUT2D eigenvalue weighted by atomic mass is 32.1. The highest BCUT2D eigenvalue weighted by Crippen LogP contribution is 2.42. The van der Waals surface area contributed by atoms with Crippen LogP contribution in [0.4, 0.5) is 0 Å². The summed E-state index contributed by atoms with van der Waals surface area (Å²) in [5.74, 6) is 2.09. The predicted octanol–water partition coefficient (Wildman–Crippen LogP) is 3.20. The molecule has 1 aromatic rings. The lowest BCUT2D eigenvalue weighted by molar-refractivity contribution is 0.189. The highest BCUT2D eigenvalue weighted by molar-refractivity contribution is 7.10. The van der Waals surface area contributed by atoms with Gasteiger partial charge < -0.3 is 10.4 Å². The molecule has 3 atom stereocenters. The maximum Gasteiger partial charge on any atom is 0.0462 e. The van der Waals surface area contributed by atoms with E-state index >= 15 is 0 Å². The van der Waals surface area contributed by atoms with Gasteiger partial charge in [0, 0.05) is 17.5 Å². The summed E-state index contributed by atoms with van der Waals surface area (Å²) < 4.78 is 0. The van der Waals surface area contributed by atoms with Crippen molar-refractivity contribution < 1.29 is 5.11 Å². The van der Waals surface area contributed by atoms with Gasteiger partial charge >= 0.3 is 0 Å². The molecule has 3 unspecified atom stereocenters. The number of aliphatic hydroxyl groups is 1. The molecular formula is C15H23NOS. The third kappa shape index (κ3) is 2.79. The Kier molecular flexibility index (Phi) is 4.02. The molecule has 2 aliphatic rings. The molecule has 2 N–H and O–H groups in total. The Morgan fingerprint density at radius 1 is 1.28 bits per heavy atom. The first-order valence-corrected chi connectivity index (χ1v) is 8.14. The van der Waals surface area contributed by atoms with Crippen LogP contribution < -0.4 is 5.32 Å². The van der Waals surface area contributed by atoms with Gasteiger partial charge in [0.15, 0.2) is 0 Å². The Morgan fingerprint density at radius 2 is 2.11 bits per heavy atom. The van der Waals surface area contributed by atoms with Gasteiger partial charge in [0.1, 0.15) is 0 Å². The largest absolute Gasteiger partial charge is 0.396 e. The van der Waals surface area contributed by atoms with Gasteiger partial charge in [-0.1, -0.05) is 12.5 Å². The summed E-state index contributed by atoms with van der Waals surface area (Å²) >= 11 is 1.88. The summed E-state index contributed by atoms with van der Waals surface area (Å²) in [6.45, 7) is 1.46. The van der Waals surface area contributed by atoms with E-state index in [1.807, 2.05) is 11.3 Å². The smallest absolute Gasteiger partial charge is 0.0462 e. The molecule has 0 radical (unpaired) electrons. The number of hydrogen-bond donors (Lipinski definition) is 2. The molecule has 0 aliphatic heterocycles. The Hall–Kier alpha value is -0.380. The van der Waals surface area contributed by atoms with Gasteiger partial charge in [-0.05, 0) is 61.4 Å². The molecule has 0 bridgehead atoms. The molecule has 1 heterocycles. The summed E-state index contributed by atoms with van der Waals surface area (Å²) in [5, 5.41) is 15.4. The van der Waals surface area contributed by atoms with Crippen molar-refractivity contribution in [1.29, 1.82) is 0 Å². The molecule has 2 saturated carbocycles. The fraction of sp³-hybridized carbons (Fsp3) is 0.733. The maximum atomic E-state index is 9.38. The van der Waals surface area contributed by atoms with Gasteiger partial charge in [-0.2, -0.15) is 0 Å². The van der Waals surface area contributed by atoms with Crippen molar-refractivity contribution in [1.82, 2.24) is 5.32 Å². The first-order valence-electron chi connectivity index (χ1n) is 7.26. The minimum absolute atomic E-state index is 0.374. The normalized spacial score (nSPS) is 29.6. The lowest BCUT2D eigenvalue weighted by Gasteiger charge is -2.23. The number of rotatable bonds is 6. The molecule has 2 fully saturated rings. The second kappa shape index (κ2) is 5.72. The highest BCUT2D eigenvalue weighted by Gasteiger charge is 2.34. The third-order valence-electron chi connectivity index (χ3n) is 4.59. The number of nitrogens with one attached hydrogen (secondary N) is 1. The molecule has 100 valence electrons. The van der Waals surface area contributed by atoms with Crippen molar-refractivity contribution in [3.8, 4) is 0 Å². The summed E-state index contributed by atoms with van der Waals surface area (Å²) in [5.41, 5.74) is 0. The standard InChI is InChI=1S/C15H23NOS/c17-10-13-4-1-3-12(13)9-16-15(11-6-7-11)14-5-2-8-18-14/h2,5,8,11-13,15-17H,1,3-4,6-7,9-10H2. The van der Waals surface area contributed by atoms with E-state index in [0.29, 0.717) is 24.5 Å². The monoisotopic (exact) mass is 265 g/mol. The van der Waals surface area contributed by atoms with Crippen molar-refractivity contribution >= 4 is 11.3 Å². The SMILES string of the molecule is OCC1CCCC1CNC(c1cccs1)C1CC1. The average Bonchev–Trinajstić information content (AvgIpc) is 2.92. The summed E-state index contributed by atoms with van der Waals surface area (Å²) in [6.07, 6.45) is 6.56. The number of hydrogen-bond acceptors (Lipinski definition) is 3. The molecule has 0 amide bonds. The van der Waals surface area contributed by atoms with Crippen molar-refractivity contribution in [2.75, 3.05) is 13.2 Å². The summed E-state index contributed by atoms with van der Waals surface area (Å²) in [6, 6.07) is 4.99. The molecule has 0 spiro atoms. The first-order chi connectivity index (χ1) is 8.88. The summed E-state index contributed by atoms with van der Waals surface area (Å²) in [4.78, 5) is 1.50. The minimum atomic E-state index is 0.374. The molecule has 2 nitrogen and oxygen atoms in total.